The normalized spacial score (nSPS) is 29.4. The molecule has 3 nitrogen and oxygen atoms in total. The van der Waals surface area contributed by atoms with E-state index in [1.165, 1.54) is 12.8 Å². The molecule has 0 bridgehead atoms. The highest BCUT2D eigenvalue weighted by Gasteiger charge is 2.29. The first-order valence-corrected chi connectivity index (χ1v) is 6.64. The zero-order valence-corrected chi connectivity index (χ0v) is 10.6. The van der Waals surface area contributed by atoms with Gasteiger partial charge in [0.15, 0.2) is 0 Å². The predicted molar refractivity (Wildman–Crippen MR) is 65.2 cm³/mol. The van der Waals surface area contributed by atoms with Crippen molar-refractivity contribution < 1.29 is 4.79 Å². The lowest BCUT2D eigenvalue weighted by Crippen LogP contribution is -2.45. The van der Waals surface area contributed by atoms with Crippen LogP contribution in [0.15, 0.2) is 0 Å². The molecule has 2 aliphatic heterocycles. The molecule has 2 fully saturated rings. The highest BCUT2D eigenvalue weighted by atomic mass is 16.2. The Morgan fingerprint density at radius 2 is 1.81 bits per heavy atom. The molecule has 0 N–H and O–H groups in total. The minimum absolute atomic E-state index is 0.307. The summed E-state index contributed by atoms with van der Waals surface area (Å²) in [6.07, 6.45) is 4.59. The molecule has 0 aliphatic carbocycles. The third kappa shape index (κ3) is 2.76. The second kappa shape index (κ2) is 5.17. The summed E-state index contributed by atoms with van der Waals surface area (Å²) >= 11 is 0. The smallest absolute Gasteiger partial charge is 0.225 e. The number of nitrogens with zero attached hydrogens (tertiary/aromatic N) is 2. The van der Waals surface area contributed by atoms with Crippen LogP contribution in [0.2, 0.25) is 0 Å². The van der Waals surface area contributed by atoms with E-state index in [0.717, 1.165) is 39.0 Å². The van der Waals surface area contributed by atoms with Crippen LogP contribution in [0.4, 0.5) is 0 Å². The average molecular weight is 224 g/mol. The van der Waals surface area contributed by atoms with Crippen molar-refractivity contribution in [1.82, 2.24) is 9.80 Å². The Balaban J connectivity index is 1.86. The van der Waals surface area contributed by atoms with Crippen molar-refractivity contribution in [2.24, 2.45) is 11.8 Å². The molecule has 2 aliphatic rings. The molecule has 2 heterocycles. The lowest BCUT2D eigenvalue weighted by Gasteiger charge is -2.36. The van der Waals surface area contributed by atoms with E-state index in [1.54, 1.807) is 0 Å². The fourth-order valence-electron chi connectivity index (χ4n) is 2.90. The molecule has 0 aromatic rings. The number of hydrogen-bond acceptors (Lipinski definition) is 2. The van der Waals surface area contributed by atoms with Gasteiger partial charge in [-0.25, -0.2) is 0 Å². The molecule has 2 saturated heterocycles. The minimum Gasteiger partial charge on any atom is -0.342 e. The third-order valence-electron chi connectivity index (χ3n) is 4.04. The van der Waals surface area contributed by atoms with Gasteiger partial charge >= 0.3 is 0 Å². The van der Waals surface area contributed by atoms with Crippen LogP contribution < -0.4 is 0 Å². The summed E-state index contributed by atoms with van der Waals surface area (Å²) in [7, 11) is 2.14. The maximum atomic E-state index is 12.3. The molecule has 0 aromatic carbocycles. The maximum Gasteiger partial charge on any atom is 0.225 e. The second-order valence-corrected chi connectivity index (χ2v) is 5.61. The second-order valence-electron chi connectivity index (χ2n) is 5.61. The van der Waals surface area contributed by atoms with Crippen LogP contribution >= 0.6 is 0 Å². The lowest BCUT2D eigenvalue weighted by atomic mass is 9.93. The van der Waals surface area contributed by atoms with Gasteiger partial charge in [-0.1, -0.05) is 6.92 Å². The fourth-order valence-corrected chi connectivity index (χ4v) is 2.90. The molecular formula is C13H24N2O. The van der Waals surface area contributed by atoms with Crippen LogP contribution in [0.5, 0.6) is 0 Å². The van der Waals surface area contributed by atoms with Gasteiger partial charge in [-0.15, -0.1) is 0 Å². The van der Waals surface area contributed by atoms with Crippen LogP contribution in [-0.4, -0.2) is 48.9 Å². The summed E-state index contributed by atoms with van der Waals surface area (Å²) in [6, 6.07) is 0. The highest BCUT2D eigenvalue weighted by Crippen LogP contribution is 2.22. The van der Waals surface area contributed by atoms with E-state index in [-0.39, 0.29) is 0 Å². The highest BCUT2D eigenvalue weighted by molar-refractivity contribution is 5.79. The Morgan fingerprint density at radius 3 is 2.44 bits per heavy atom. The van der Waals surface area contributed by atoms with Crippen molar-refractivity contribution in [3.8, 4) is 0 Å². The zero-order chi connectivity index (χ0) is 11.5. The van der Waals surface area contributed by atoms with Gasteiger partial charge in [-0.3, -0.25) is 4.79 Å². The molecule has 0 spiro atoms. The molecule has 92 valence electrons. The van der Waals surface area contributed by atoms with Gasteiger partial charge in [0.2, 0.25) is 5.91 Å². The summed E-state index contributed by atoms with van der Waals surface area (Å²) in [5, 5.41) is 0. The van der Waals surface area contributed by atoms with E-state index in [4.69, 9.17) is 0 Å². The molecule has 0 unspecified atom stereocenters. The molecule has 2 rings (SSSR count). The van der Waals surface area contributed by atoms with Gasteiger partial charge in [0, 0.05) is 19.0 Å². The Labute approximate surface area is 98.8 Å². The van der Waals surface area contributed by atoms with Gasteiger partial charge in [-0.05, 0) is 51.7 Å². The molecule has 1 atom stereocenters. The van der Waals surface area contributed by atoms with Crippen LogP contribution in [0.1, 0.15) is 32.6 Å². The predicted octanol–water partition coefficient (Wildman–Crippen LogP) is 1.59. The van der Waals surface area contributed by atoms with Crippen molar-refractivity contribution in [3.05, 3.63) is 0 Å². The summed E-state index contributed by atoms with van der Waals surface area (Å²) in [5.74, 6) is 1.44. The van der Waals surface area contributed by atoms with Gasteiger partial charge in [-0.2, -0.15) is 0 Å². The van der Waals surface area contributed by atoms with Crippen LogP contribution in [0.25, 0.3) is 0 Å². The number of piperidine rings is 2. The van der Waals surface area contributed by atoms with E-state index in [2.05, 4.69) is 23.8 Å². The third-order valence-corrected chi connectivity index (χ3v) is 4.04. The monoisotopic (exact) mass is 224 g/mol. The molecule has 0 saturated carbocycles. The van der Waals surface area contributed by atoms with E-state index in [9.17, 15) is 4.79 Å². The van der Waals surface area contributed by atoms with Crippen molar-refractivity contribution in [2.45, 2.75) is 32.6 Å². The van der Waals surface area contributed by atoms with E-state index < -0.39 is 0 Å². The number of rotatable bonds is 1. The summed E-state index contributed by atoms with van der Waals surface area (Å²) in [6.45, 7) is 6.41. The number of amides is 1. The van der Waals surface area contributed by atoms with Crippen LogP contribution in [-0.2, 0) is 4.79 Å². The van der Waals surface area contributed by atoms with Crippen LogP contribution in [0.3, 0.4) is 0 Å². The lowest BCUT2D eigenvalue weighted by molar-refractivity contribution is -0.138. The summed E-state index contributed by atoms with van der Waals surface area (Å²) in [5.41, 5.74) is 0. The van der Waals surface area contributed by atoms with E-state index in [0.29, 0.717) is 17.7 Å². The minimum atomic E-state index is 0.307. The fraction of sp³-hybridized carbons (Fsp3) is 0.923. The molecule has 16 heavy (non-hydrogen) atoms. The number of carbonyl (C=O) groups excluding carboxylic acids is 1. The molecule has 3 heteroatoms. The largest absolute Gasteiger partial charge is 0.342 e. The van der Waals surface area contributed by atoms with Crippen molar-refractivity contribution in [2.75, 3.05) is 33.2 Å². The number of likely N-dealkylation sites (tertiary alicyclic amines) is 2. The summed E-state index contributed by atoms with van der Waals surface area (Å²) < 4.78 is 0. The summed E-state index contributed by atoms with van der Waals surface area (Å²) in [4.78, 5) is 16.8. The Hall–Kier alpha value is -0.570. The Morgan fingerprint density at radius 1 is 1.12 bits per heavy atom. The SMILES string of the molecule is C[C@@H]1CCCN(C(=O)C2CCN(C)CC2)C1. The van der Waals surface area contributed by atoms with Gasteiger partial charge in [0.1, 0.15) is 0 Å². The molecule has 0 aromatic heterocycles. The average Bonchev–Trinajstić information content (AvgIpc) is 2.29. The number of carbonyl (C=O) groups is 1. The first kappa shape index (κ1) is 11.9. The van der Waals surface area contributed by atoms with Crippen LogP contribution in [0, 0.1) is 11.8 Å². The van der Waals surface area contributed by atoms with Crippen molar-refractivity contribution >= 4 is 5.91 Å². The van der Waals surface area contributed by atoms with E-state index >= 15 is 0 Å². The molecular weight excluding hydrogens is 200 g/mol. The quantitative estimate of drug-likeness (QED) is 0.675. The van der Waals surface area contributed by atoms with E-state index in [1.807, 2.05) is 0 Å². The number of hydrogen-bond donors (Lipinski definition) is 0. The van der Waals surface area contributed by atoms with Gasteiger partial charge in [0.25, 0.3) is 0 Å². The Kier molecular flexibility index (Phi) is 3.85. The standard InChI is InChI=1S/C13H24N2O/c1-11-4-3-7-15(10-11)13(16)12-5-8-14(2)9-6-12/h11-12H,3-10H2,1-2H3/t11-/m1/s1. The first-order valence-electron chi connectivity index (χ1n) is 6.64. The maximum absolute atomic E-state index is 12.3. The van der Waals surface area contributed by atoms with Crippen molar-refractivity contribution in [1.29, 1.82) is 0 Å². The Bertz CT molecular complexity index is 246. The van der Waals surface area contributed by atoms with Crippen molar-refractivity contribution in [3.63, 3.8) is 0 Å². The van der Waals surface area contributed by atoms with Gasteiger partial charge in [0.05, 0.1) is 0 Å². The molecule has 1 amide bonds. The molecule has 0 radical (unpaired) electrons. The zero-order valence-electron chi connectivity index (χ0n) is 10.6. The van der Waals surface area contributed by atoms with Gasteiger partial charge < -0.3 is 9.80 Å². The first-order chi connectivity index (χ1) is 7.66. The topological polar surface area (TPSA) is 23.6 Å².